The average Bonchev–Trinajstić information content (AvgIpc) is 3.19. The molecule has 0 spiro atoms. The van der Waals surface area contributed by atoms with E-state index in [1.165, 1.54) is 17.4 Å². The van der Waals surface area contributed by atoms with Crippen LogP contribution in [-0.2, 0) is 15.3 Å². The Labute approximate surface area is 187 Å². The smallest absolute Gasteiger partial charge is 0.349 e. The maximum Gasteiger partial charge on any atom is 0.349 e. The average molecular weight is 465 g/mol. The molecule has 0 unspecified atom stereocenters. The summed E-state index contributed by atoms with van der Waals surface area (Å²) in [4.78, 5) is 13.0. The van der Waals surface area contributed by atoms with Crippen LogP contribution in [-0.4, -0.2) is 28.4 Å². The molecule has 0 N–H and O–H groups in total. The summed E-state index contributed by atoms with van der Waals surface area (Å²) in [7, 11) is 0. The predicted molar refractivity (Wildman–Crippen MR) is 117 cm³/mol. The van der Waals surface area contributed by atoms with Crippen molar-refractivity contribution in [2.75, 3.05) is 6.61 Å². The van der Waals surface area contributed by atoms with E-state index in [-0.39, 0.29) is 0 Å². The molecule has 0 saturated carbocycles. The molecule has 0 fully saturated rings. The highest BCUT2D eigenvalue weighted by molar-refractivity contribution is 7.98. The standard InChI is InChI=1S/C22H22F2N2O3S2/c1-5-28-21(27)22(3,4)29-18-9-7-15(10-13(18)2)30-12-19-25-26-20(31-19)14-6-8-16(23)17(24)11-14/h6-11H,5,12H2,1-4H3. The molecule has 164 valence electrons. The number of hydrogen-bond donors (Lipinski definition) is 0. The Balaban J connectivity index is 1.64. The molecule has 0 atom stereocenters. The van der Waals surface area contributed by atoms with Crippen LogP contribution in [0, 0.1) is 18.6 Å². The molecule has 3 aromatic rings. The Kier molecular flexibility index (Phi) is 7.27. The molecule has 9 heteroatoms. The molecule has 0 aliphatic carbocycles. The summed E-state index contributed by atoms with van der Waals surface area (Å²) in [6.07, 6.45) is 0. The van der Waals surface area contributed by atoms with E-state index in [0.29, 0.717) is 28.7 Å². The lowest BCUT2D eigenvalue weighted by Crippen LogP contribution is -2.39. The number of aryl methyl sites for hydroxylation is 1. The van der Waals surface area contributed by atoms with Crippen LogP contribution in [0.3, 0.4) is 0 Å². The topological polar surface area (TPSA) is 61.3 Å². The van der Waals surface area contributed by atoms with E-state index < -0.39 is 23.2 Å². The fourth-order valence-corrected chi connectivity index (χ4v) is 4.47. The summed E-state index contributed by atoms with van der Waals surface area (Å²) < 4.78 is 37.5. The maximum absolute atomic E-state index is 13.4. The molecule has 1 aromatic heterocycles. The van der Waals surface area contributed by atoms with Crippen molar-refractivity contribution in [2.24, 2.45) is 0 Å². The summed E-state index contributed by atoms with van der Waals surface area (Å²) in [6, 6.07) is 9.38. The van der Waals surface area contributed by atoms with Gasteiger partial charge in [-0.05, 0) is 69.7 Å². The van der Waals surface area contributed by atoms with Gasteiger partial charge in [-0.1, -0.05) is 11.3 Å². The zero-order valence-corrected chi connectivity index (χ0v) is 19.2. The van der Waals surface area contributed by atoms with Gasteiger partial charge in [-0.2, -0.15) is 0 Å². The Hall–Kier alpha value is -2.52. The van der Waals surface area contributed by atoms with Crippen LogP contribution in [0.5, 0.6) is 5.75 Å². The molecule has 1 heterocycles. The molecular formula is C22H22F2N2O3S2. The fraction of sp³-hybridized carbons (Fsp3) is 0.318. The molecule has 0 bridgehead atoms. The van der Waals surface area contributed by atoms with Crippen LogP contribution in [0.15, 0.2) is 41.3 Å². The van der Waals surface area contributed by atoms with Gasteiger partial charge < -0.3 is 9.47 Å². The van der Waals surface area contributed by atoms with E-state index in [4.69, 9.17) is 9.47 Å². The quantitative estimate of drug-likeness (QED) is 0.310. The van der Waals surface area contributed by atoms with E-state index in [1.54, 1.807) is 32.5 Å². The third kappa shape index (κ3) is 5.80. The third-order valence-electron chi connectivity index (χ3n) is 4.27. The van der Waals surface area contributed by atoms with Gasteiger partial charge in [0.2, 0.25) is 0 Å². The van der Waals surface area contributed by atoms with Gasteiger partial charge in [0.05, 0.1) is 12.4 Å². The normalized spacial score (nSPS) is 11.4. The number of aromatic nitrogens is 2. The number of carbonyl (C=O) groups excluding carboxylic acids is 1. The third-order valence-corrected chi connectivity index (χ3v) is 6.43. The molecule has 0 saturated heterocycles. The number of benzene rings is 2. The minimum absolute atomic E-state index is 0.295. The van der Waals surface area contributed by atoms with E-state index >= 15 is 0 Å². The van der Waals surface area contributed by atoms with E-state index in [1.807, 2.05) is 25.1 Å². The highest BCUT2D eigenvalue weighted by atomic mass is 32.2. The van der Waals surface area contributed by atoms with Gasteiger partial charge >= 0.3 is 5.97 Å². The first-order valence-corrected chi connectivity index (χ1v) is 11.4. The first-order chi connectivity index (χ1) is 14.7. The number of esters is 1. The second kappa shape index (κ2) is 9.74. The Morgan fingerprint density at radius 1 is 1.13 bits per heavy atom. The van der Waals surface area contributed by atoms with Crippen LogP contribution in [0.25, 0.3) is 10.6 Å². The number of thioether (sulfide) groups is 1. The van der Waals surface area contributed by atoms with Crippen LogP contribution >= 0.6 is 23.1 Å². The van der Waals surface area contributed by atoms with Crippen LogP contribution in [0.2, 0.25) is 0 Å². The maximum atomic E-state index is 13.4. The Morgan fingerprint density at radius 2 is 1.90 bits per heavy atom. The number of halogens is 2. The van der Waals surface area contributed by atoms with Crippen LogP contribution < -0.4 is 4.74 Å². The van der Waals surface area contributed by atoms with Gasteiger partial charge in [0.1, 0.15) is 15.8 Å². The van der Waals surface area contributed by atoms with Crippen molar-refractivity contribution in [2.45, 2.75) is 43.9 Å². The van der Waals surface area contributed by atoms with Gasteiger partial charge in [-0.3, -0.25) is 0 Å². The lowest BCUT2D eigenvalue weighted by atomic mass is 10.1. The molecule has 3 rings (SSSR count). The summed E-state index contributed by atoms with van der Waals surface area (Å²) in [5.74, 6) is -1.03. The molecule has 0 aliphatic rings. The zero-order valence-electron chi connectivity index (χ0n) is 17.6. The van der Waals surface area contributed by atoms with Crippen LogP contribution in [0.4, 0.5) is 8.78 Å². The molecule has 0 amide bonds. The van der Waals surface area contributed by atoms with Crippen molar-refractivity contribution < 1.29 is 23.0 Å². The minimum Gasteiger partial charge on any atom is -0.476 e. The van der Waals surface area contributed by atoms with Crippen molar-refractivity contribution in [3.05, 3.63) is 58.6 Å². The van der Waals surface area contributed by atoms with E-state index in [9.17, 15) is 13.6 Å². The highest BCUT2D eigenvalue weighted by Gasteiger charge is 2.32. The minimum atomic E-state index is -1.09. The number of carbonyl (C=O) groups is 1. The first kappa shape index (κ1) is 23.1. The van der Waals surface area contributed by atoms with Crippen molar-refractivity contribution in [1.29, 1.82) is 0 Å². The summed E-state index contributed by atoms with van der Waals surface area (Å²) in [5.41, 5.74) is 0.300. The molecule has 31 heavy (non-hydrogen) atoms. The van der Waals surface area contributed by atoms with Crippen LogP contribution in [0.1, 0.15) is 31.3 Å². The fourth-order valence-electron chi connectivity index (χ4n) is 2.65. The lowest BCUT2D eigenvalue weighted by Gasteiger charge is -2.25. The second-order valence-electron chi connectivity index (χ2n) is 7.18. The van der Waals surface area contributed by atoms with E-state index in [0.717, 1.165) is 27.6 Å². The number of ether oxygens (including phenoxy) is 2. The number of hydrogen-bond acceptors (Lipinski definition) is 7. The van der Waals surface area contributed by atoms with Gasteiger partial charge in [0, 0.05) is 10.5 Å². The monoisotopic (exact) mass is 464 g/mol. The van der Waals surface area contributed by atoms with Gasteiger partial charge in [-0.25, -0.2) is 13.6 Å². The molecule has 0 radical (unpaired) electrons. The Morgan fingerprint density at radius 3 is 2.58 bits per heavy atom. The summed E-state index contributed by atoms with van der Waals surface area (Å²) in [5, 5.41) is 9.52. The highest BCUT2D eigenvalue weighted by Crippen LogP contribution is 2.32. The summed E-state index contributed by atoms with van der Waals surface area (Å²) in [6.45, 7) is 7.31. The number of rotatable bonds is 8. The number of nitrogens with zero attached hydrogens (tertiary/aromatic N) is 2. The van der Waals surface area contributed by atoms with Gasteiger partial charge in [0.15, 0.2) is 17.2 Å². The molecule has 0 aliphatic heterocycles. The zero-order chi connectivity index (χ0) is 22.6. The largest absolute Gasteiger partial charge is 0.476 e. The lowest BCUT2D eigenvalue weighted by molar-refractivity contribution is -0.158. The summed E-state index contributed by atoms with van der Waals surface area (Å²) >= 11 is 2.90. The molecular weight excluding hydrogens is 442 g/mol. The first-order valence-electron chi connectivity index (χ1n) is 9.57. The van der Waals surface area contributed by atoms with Crippen molar-refractivity contribution in [3.8, 4) is 16.3 Å². The SMILES string of the molecule is CCOC(=O)C(C)(C)Oc1ccc(SCc2nnc(-c3ccc(F)c(F)c3)s2)cc1C. The van der Waals surface area contributed by atoms with Gasteiger partial charge in [0.25, 0.3) is 0 Å². The van der Waals surface area contributed by atoms with Crippen molar-refractivity contribution in [3.63, 3.8) is 0 Å². The molecule has 2 aromatic carbocycles. The van der Waals surface area contributed by atoms with Crippen molar-refractivity contribution >= 4 is 29.1 Å². The Bertz CT molecular complexity index is 1090. The van der Waals surface area contributed by atoms with Gasteiger partial charge in [-0.15, -0.1) is 22.0 Å². The molecule has 5 nitrogen and oxygen atoms in total. The second-order valence-corrected chi connectivity index (χ2v) is 9.29. The van der Waals surface area contributed by atoms with Crippen molar-refractivity contribution in [1.82, 2.24) is 10.2 Å². The van der Waals surface area contributed by atoms with E-state index in [2.05, 4.69) is 10.2 Å². The predicted octanol–water partition coefficient (Wildman–Crippen LogP) is 5.80.